The Morgan fingerprint density at radius 3 is 2.24 bits per heavy atom. The highest BCUT2D eigenvalue weighted by molar-refractivity contribution is 7.93. The van der Waals surface area contributed by atoms with E-state index in [4.69, 9.17) is 5.14 Å². The van der Waals surface area contributed by atoms with Crippen molar-refractivity contribution in [2.45, 2.75) is 9.79 Å². The summed E-state index contributed by atoms with van der Waals surface area (Å²) in [5.74, 6) is -0.560. The smallest absolute Gasteiger partial charge is 0.262 e. The van der Waals surface area contributed by atoms with Gasteiger partial charge in [-0.15, -0.1) is 0 Å². The van der Waals surface area contributed by atoms with Crippen molar-refractivity contribution in [2.75, 3.05) is 4.72 Å². The lowest BCUT2D eigenvalue weighted by Crippen LogP contribution is -2.15. The molecule has 0 atom stereocenters. The number of aromatic hydroxyl groups is 1. The topological polar surface area (TPSA) is 127 Å². The highest BCUT2D eigenvalue weighted by Crippen LogP contribution is 2.28. The van der Waals surface area contributed by atoms with Gasteiger partial charge in [0.05, 0.1) is 10.6 Å². The minimum Gasteiger partial charge on any atom is -0.507 e. The summed E-state index contributed by atoms with van der Waals surface area (Å²) in [5.41, 5.74) is -0.0326. The summed E-state index contributed by atoms with van der Waals surface area (Å²) in [4.78, 5) is -0.513. The number of rotatable bonds is 4. The molecule has 0 aliphatic carbocycles. The highest BCUT2D eigenvalue weighted by atomic mass is 32.2. The number of hydrogen-bond donors (Lipinski definition) is 3. The van der Waals surface area contributed by atoms with E-state index in [1.54, 1.807) is 36.4 Å². The van der Waals surface area contributed by atoms with Gasteiger partial charge in [0.2, 0.25) is 10.0 Å². The summed E-state index contributed by atoms with van der Waals surface area (Å²) in [6.07, 6.45) is 0. The van der Waals surface area contributed by atoms with Crippen LogP contribution in [0.1, 0.15) is 0 Å². The maximum absolute atomic E-state index is 12.7. The average molecular weight is 378 g/mol. The van der Waals surface area contributed by atoms with Crippen LogP contribution >= 0.6 is 0 Å². The summed E-state index contributed by atoms with van der Waals surface area (Å²) in [7, 11) is -8.18. The van der Waals surface area contributed by atoms with Gasteiger partial charge < -0.3 is 5.11 Å². The first-order chi connectivity index (χ1) is 11.7. The van der Waals surface area contributed by atoms with Crippen LogP contribution in [0, 0.1) is 0 Å². The molecule has 0 bridgehead atoms. The molecule has 0 heterocycles. The van der Waals surface area contributed by atoms with Gasteiger partial charge in [-0.25, -0.2) is 22.0 Å². The van der Waals surface area contributed by atoms with Crippen LogP contribution in [0.25, 0.3) is 10.8 Å². The minimum absolute atomic E-state index is 0.0326. The van der Waals surface area contributed by atoms with Crippen LogP contribution in [0.5, 0.6) is 5.75 Å². The van der Waals surface area contributed by atoms with Crippen LogP contribution in [0.15, 0.2) is 70.5 Å². The Morgan fingerprint density at radius 2 is 1.52 bits per heavy atom. The predicted octanol–water partition coefficient (Wildman–Crippen LogP) is 1.99. The third-order valence-electron chi connectivity index (χ3n) is 3.56. The molecule has 0 aliphatic heterocycles. The minimum atomic E-state index is -4.20. The molecule has 4 N–H and O–H groups in total. The van der Waals surface area contributed by atoms with Gasteiger partial charge in [0.25, 0.3) is 10.0 Å². The molecule has 25 heavy (non-hydrogen) atoms. The summed E-state index contributed by atoms with van der Waals surface area (Å²) >= 11 is 0. The van der Waals surface area contributed by atoms with E-state index < -0.39 is 30.7 Å². The molecular formula is C16H14N2O5S2. The maximum atomic E-state index is 12.7. The highest BCUT2D eigenvalue weighted by Gasteiger charge is 2.20. The third kappa shape index (κ3) is 3.43. The van der Waals surface area contributed by atoms with Crippen molar-refractivity contribution in [1.29, 1.82) is 0 Å². The molecular weight excluding hydrogens is 364 g/mol. The Balaban J connectivity index is 2.08. The van der Waals surface area contributed by atoms with E-state index in [1.807, 2.05) is 0 Å². The molecule has 0 fully saturated rings. The van der Waals surface area contributed by atoms with Gasteiger partial charge in [0.15, 0.2) is 0 Å². The molecule has 0 saturated carbocycles. The molecule has 3 aromatic rings. The fraction of sp³-hybridized carbons (Fsp3) is 0. The summed E-state index contributed by atoms with van der Waals surface area (Å²) < 4.78 is 50.6. The number of nitrogens with one attached hydrogen (secondary N) is 1. The van der Waals surface area contributed by atoms with Crippen LogP contribution < -0.4 is 9.86 Å². The fourth-order valence-corrected chi connectivity index (χ4v) is 4.38. The van der Waals surface area contributed by atoms with E-state index in [0.717, 1.165) is 17.5 Å². The van der Waals surface area contributed by atoms with Crippen molar-refractivity contribution in [1.82, 2.24) is 0 Å². The third-order valence-corrected chi connectivity index (χ3v) is 5.94. The summed E-state index contributed by atoms with van der Waals surface area (Å²) in [6.45, 7) is 0. The van der Waals surface area contributed by atoms with Crippen molar-refractivity contribution < 1.29 is 21.9 Å². The number of hydrogen-bond acceptors (Lipinski definition) is 5. The molecule has 0 spiro atoms. The van der Waals surface area contributed by atoms with Gasteiger partial charge in [-0.2, -0.15) is 0 Å². The molecule has 3 aromatic carbocycles. The zero-order valence-corrected chi connectivity index (χ0v) is 14.4. The molecule has 0 unspecified atom stereocenters. The molecule has 0 aliphatic rings. The lowest BCUT2D eigenvalue weighted by atomic mass is 10.1. The number of benzene rings is 3. The second-order valence-electron chi connectivity index (χ2n) is 5.31. The second kappa shape index (κ2) is 6.03. The first-order valence-electron chi connectivity index (χ1n) is 7.05. The van der Waals surface area contributed by atoms with Gasteiger partial charge in [-0.1, -0.05) is 36.4 Å². The predicted molar refractivity (Wildman–Crippen MR) is 94.2 cm³/mol. The molecule has 0 saturated heterocycles. The number of anilines is 1. The Hall–Kier alpha value is -2.62. The first kappa shape index (κ1) is 17.2. The fourth-order valence-electron chi connectivity index (χ4n) is 2.45. The van der Waals surface area contributed by atoms with Crippen molar-refractivity contribution in [3.05, 3.63) is 60.7 Å². The molecule has 0 radical (unpaired) electrons. The van der Waals surface area contributed by atoms with Crippen LogP contribution in [0.4, 0.5) is 5.69 Å². The number of fused-ring (bicyclic) bond motifs is 1. The first-order valence-corrected chi connectivity index (χ1v) is 10.1. The lowest BCUT2D eigenvalue weighted by molar-refractivity contribution is 0.459. The molecule has 0 amide bonds. The van der Waals surface area contributed by atoms with E-state index >= 15 is 0 Å². The molecule has 3 rings (SSSR count). The van der Waals surface area contributed by atoms with Crippen LogP contribution in [-0.4, -0.2) is 21.9 Å². The Bertz CT molecular complexity index is 1170. The maximum Gasteiger partial charge on any atom is 0.262 e. The van der Waals surface area contributed by atoms with Crippen molar-refractivity contribution in [3.63, 3.8) is 0 Å². The molecule has 7 nitrogen and oxygen atoms in total. The van der Waals surface area contributed by atoms with Crippen LogP contribution in [0.2, 0.25) is 0 Å². The largest absolute Gasteiger partial charge is 0.507 e. The van der Waals surface area contributed by atoms with E-state index in [-0.39, 0.29) is 10.6 Å². The van der Waals surface area contributed by atoms with E-state index in [1.165, 1.54) is 12.1 Å². The lowest BCUT2D eigenvalue weighted by Gasteiger charge is -2.12. The molecule has 9 heteroatoms. The van der Waals surface area contributed by atoms with Crippen LogP contribution in [-0.2, 0) is 20.0 Å². The van der Waals surface area contributed by atoms with Crippen molar-refractivity contribution >= 4 is 36.5 Å². The van der Waals surface area contributed by atoms with Gasteiger partial charge in [0, 0.05) is 5.39 Å². The van der Waals surface area contributed by atoms with E-state index in [9.17, 15) is 21.9 Å². The number of sulfonamides is 2. The van der Waals surface area contributed by atoms with E-state index in [0.29, 0.717) is 5.39 Å². The van der Waals surface area contributed by atoms with E-state index in [2.05, 4.69) is 4.72 Å². The zero-order valence-electron chi connectivity index (χ0n) is 12.7. The van der Waals surface area contributed by atoms with Gasteiger partial charge in [0.1, 0.15) is 10.6 Å². The molecule has 130 valence electrons. The van der Waals surface area contributed by atoms with Crippen LogP contribution in [0.3, 0.4) is 0 Å². The zero-order chi connectivity index (χ0) is 18.2. The number of phenols is 1. The molecule has 0 aromatic heterocycles. The standard InChI is InChI=1S/C16H14N2O5S2/c17-24(20,21)16-10-12(8-9-14(16)19)18-25(22,23)15-7-3-5-11-4-1-2-6-13(11)15/h1-10,18-19H,(H2,17,20,21). The van der Waals surface area contributed by atoms with Gasteiger partial charge in [-0.3, -0.25) is 4.72 Å². The summed E-state index contributed by atoms with van der Waals surface area (Å²) in [6, 6.07) is 15.1. The Morgan fingerprint density at radius 1 is 0.840 bits per heavy atom. The average Bonchev–Trinajstić information content (AvgIpc) is 2.55. The summed E-state index contributed by atoms with van der Waals surface area (Å²) in [5, 5.41) is 15.9. The number of phenolic OH excluding ortho intramolecular Hbond substituents is 1. The monoisotopic (exact) mass is 378 g/mol. The quantitative estimate of drug-likeness (QED) is 0.599. The second-order valence-corrected chi connectivity index (χ2v) is 8.49. The Kier molecular flexibility index (Phi) is 4.15. The van der Waals surface area contributed by atoms with Crippen molar-refractivity contribution in [2.24, 2.45) is 5.14 Å². The SMILES string of the molecule is NS(=O)(=O)c1cc(NS(=O)(=O)c2cccc3ccccc23)ccc1O. The Labute approximate surface area is 144 Å². The van der Waals surface area contributed by atoms with Gasteiger partial charge >= 0.3 is 0 Å². The number of nitrogens with two attached hydrogens (primary N) is 1. The number of primary sulfonamides is 1. The van der Waals surface area contributed by atoms with Gasteiger partial charge in [-0.05, 0) is 29.7 Å². The van der Waals surface area contributed by atoms with Crippen molar-refractivity contribution in [3.8, 4) is 5.75 Å². The normalized spacial score (nSPS) is 12.2.